The van der Waals surface area contributed by atoms with Crippen LogP contribution < -0.4 is 9.47 Å². The van der Waals surface area contributed by atoms with E-state index in [2.05, 4.69) is 20.1 Å². The Balaban J connectivity index is 1.72. The Morgan fingerprint density at radius 3 is 2.82 bits per heavy atom. The second-order valence-corrected chi connectivity index (χ2v) is 9.95. The molecule has 5 rings (SSSR count). The molecule has 1 aliphatic heterocycles. The van der Waals surface area contributed by atoms with Crippen molar-refractivity contribution in [3.63, 3.8) is 0 Å². The number of aliphatic hydroxyl groups is 1. The summed E-state index contributed by atoms with van der Waals surface area (Å²) in [6.07, 6.45) is 5.59. The Morgan fingerprint density at radius 2 is 2.08 bits per heavy atom. The van der Waals surface area contributed by atoms with E-state index in [1.54, 1.807) is 18.0 Å². The zero-order valence-corrected chi connectivity index (χ0v) is 23.3. The number of pyridine rings is 1. The van der Waals surface area contributed by atoms with Crippen LogP contribution in [0.25, 0.3) is 34.3 Å². The molecule has 4 aromatic rings. The van der Waals surface area contributed by atoms with Gasteiger partial charge in [0.2, 0.25) is 11.8 Å². The summed E-state index contributed by atoms with van der Waals surface area (Å²) in [7, 11) is 5.56. The molecule has 1 aliphatic rings. The van der Waals surface area contributed by atoms with Gasteiger partial charge in [-0.1, -0.05) is 0 Å². The summed E-state index contributed by atoms with van der Waals surface area (Å²) in [5.74, 6) is 1.18. The van der Waals surface area contributed by atoms with Gasteiger partial charge in [-0.2, -0.15) is 10.2 Å². The quantitative estimate of drug-likeness (QED) is 0.382. The molecule has 0 spiro atoms. The molecule has 0 aromatic carbocycles. The molecule has 2 N–H and O–H groups in total. The van der Waals surface area contributed by atoms with Crippen molar-refractivity contribution in [2.45, 2.75) is 46.1 Å². The predicted molar refractivity (Wildman–Crippen MR) is 147 cm³/mol. The van der Waals surface area contributed by atoms with Crippen LogP contribution in [0.5, 0.6) is 11.8 Å². The topological polar surface area (TPSA) is 128 Å². The Hall–Kier alpha value is -3.74. The summed E-state index contributed by atoms with van der Waals surface area (Å²) >= 11 is 0. The van der Waals surface area contributed by atoms with Crippen molar-refractivity contribution < 1.29 is 19.3 Å². The van der Waals surface area contributed by atoms with Gasteiger partial charge in [-0.15, -0.1) is 5.10 Å². The van der Waals surface area contributed by atoms with Gasteiger partial charge < -0.3 is 19.3 Å². The fourth-order valence-electron chi connectivity index (χ4n) is 5.03. The van der Waals surface area contributed by atoms with Crippen LogP contribution in [0.2, 0.25) is 0 Å². The van der Waals surface area contributed by atoms with Gasteiger partial charge in [0.05, 0.1) is 54.1 Å². The number of ether oxygens (including phenoxy) is 3. The van der Waals surface area contributed by atoms with Crippen LogP contribution in [-0.2, 0) is 24.9 Å². The number of fused-ring (bicyclic) bond motifs is 4. The van der Waals surface area contributed by atoms with Gasteiger partial charge in [-0.3, -0.25) is 14.7 Å². The Bertz CT molecular complexity index is 1490. The third-order valence-corrected chi connectivity index (χ3v) is 6.77. The van der Waals surface area contributed by atoms with Crippen molar-refractivity contribution >= 4 is 23.2 Å². The van der Waals surface area contributed by atoms with E-state index in [0.717, 1.165) is 39.2 Å². The van der Waals surface area contributed by atoms with Crippen molar-refractivity contribution in [3.8, 4) is 22.9 Å². The maximum absolute atomic E-state index is 9.97. The molecule has 2 bridgehead atoms. The second kappa shape index (κ2) is 11.2. The smallest absolute Gasteiger partial charge is 0.240 e. The number of rotatable bonds is 6. The van der Waals surface area contributed by atoms with Crippen molar-refractivity contribution in [1.82, 2.24) is 39.6 Å². The lowest BCUT2D eigenvalue weighted by Gasteiger charge is -2.24. The van der Waals surface area contributed by atoms with Gasteiger partial charge in [0, 0.05) is 44.4 Å². The first-order valence-electron chi connectivity index (χ1n) is 13.1. The number of nitrogens with one attached hydrogen (secondary N) is 1. The number of aryl methyl sites for hydroxylation is 1. The molecule has 5 heterocycles. The maximum atomic E-state index is 9.97. The van der Waals surface area contributed by atoms with Crippen LogP contribution in [0.4, 0.5) is 0 Å². The third kappa shape index (κ3) is 5.14. The number of likely N-dealkylation sites (N-methyl/N-ethyl adjacent to an activating group) is 1. The third-order valence-electron chi connectivity index (χ3n) is 6.77. The molecule has 0 saturated heterocycles. The van der Waals surface area contributed by atoms with Gasteiger partial charge in [-0.25, -0.2) is 9.67 Å². The zero-order valence-electron chi connectivity index (χ0n) is 23.3. The first-order chi connectivity index (χ1) is 18.8. The van der Waals surface area contributed by atoms with Gasteiger partial charge in [0.25, 0.3) is 0 Å². The zero-order chi connectivity index (χ0) is 27.7. The highest BCUT2D eigenvalue weighted by Gasteiger charge is 2.25. The Kier molecular flexibility index (Phi) is 7.69. The van der Waals surface area contributed by atoms with Crippen molar-refractivity contribution in [1.29, 1.82) is 0 Å². The van der Waals surface area contributed by atoms with E-state index in [4.69, 9.17) is 24.4 Å². The minimum absolute atomic E-state index is 0.0423. The minimum atomic E-state index is -0.221. The van der Waals surface area contributed by atoms with E-state index in [1.807, 2.05) is 57.8 Å². The van der Waals surface area contributed by atoms with E-state index in [0.29, 0.717) is 43.7 Å². The largest absolute Gasteiger partial charge is 0.476 e. The fourth-order valence-corrected chi connectivity index (χ4v) is 5.03. The van der Waals surface area contributed by atoms with E-state index < -0.39 is 0 Å². The van der Waals surface area contributed by atoms with E-state index in [9.17, 15) is 5.11 Å². The molecule has 0 fully saturated rings. The predicted octanol–water partition coefficient (Wildman–Crippen LogP) is 3.04. The molecule has 4 aromatic heterocycles. The summed E-state index contributed by atoms with van der Waals surface area (Å²) in [5.41, 5.74) is 5.68. The Morgan fingerprint density at radius 1 is 1.26 bits per heavy atom. The lowest BCUT2D eigenvalue weighted by Crippen LogP contribution is -2.32. The van der Waals surface area contributed by atoms with Crippen LogP contribution >= 0.6 is 0 Å². The molecule has 208 valence electrons. The SMILES string of the molecule is CCOc1nn([C@@H](C)CO)c2c1/C=C/c1[nH]nc3ncc(cc13)-c1c(COC)nn(C)c1O[C@@H](C)CN(C)C2. The Labute approximate surface area is 227 Å². The second-order valence-electron chi connectivity index (χ2n) is 9.95. The molecule has 12 nitrogen and oxygen atoms in total. The maximum Gasteiger partial charge on any atom is 0.240 e. The van der Waals surface area contributed by atoms with E-state index in [-0.39, 0.29) is 18.8 Å². The highest BCUT2D eigenvalue weighted by molar-refractivity contribution is 5.91. The van der Waals surface area contributed by atoms with Crippen LogP contribution in [0.3, 0.4) is 0 Å². The number of hydrogen-bond donors (Lipinski definition) is 2. The first kappa shape index (κ1) is 26.9. The van der Waals surface area contributed by atoms with E-state index in [1.165, 1.54) is 0 Å². The number of H-pyrrole nitrogens is 1. The van der Waals surface area contributed by atoms with Crippen molar-refractivity contribution in [3.05, 3.63) is 34.9 Å². The number of methoxy groups -OCH3 is 1. The molecule has 0 saturated carbocycles. The number of hydrogen-bond acceptors (Lipinski definition) is 9. The minimum Gasteiger partial charge on any atom is -0.476 e. The highest BCUT2D eigenvalue weighted by atomic mass is 16.5. The molecule has 0 aliphatic carbocycles. The average molecular weight is 537 g/mol. The summed E-state index contributed by atoms with van der Waals surface area (Å²) in [6, 6.07) is 1.83. The number of aromatic nitrogens is 7. The number of aliphatic hydroxyl groups excluding tert-OH is 1. The lowest BCUT2D eigenvalue weighted by molar-refractivity contribution is 0.145. The monoisotopic (exact) mass is 536 g/mol. The van der Waals surface area contributed by atoms with Crippen LogP contribution in [0.1, 0.15) is 49.5 Å². The molecule has 0 amide bonds. The lowest BCUT2D eigenvalue weighted by atomic mass is 10.1. The number of nitrogens with zero attached hydrogens (tertiary/aromatic N) is 7. The first-order valence-corrected chi connectivity index (χ1v) is 13.1. The van der Waals surface area contributed by atoms with Crippen molar-refractivity contribution in [2.24, 2.45) is 7.05 Å². The van der Waals surface area contributed by atoms with Gasteiger partial charge >= 0.3 is 0 Å². The van der Waals surface area contributed by atoms with Gasteiger partial charge in [0.15, 0.2) is 5.65 Å². The fraction of sp³-hybridized carbons (Fsp3) is 0.481. The highest BCUT2D eigenvalue weighted by Crippen LogP contribution is 2.36. The van der Waals surface area contributed by atoms with Crippen LogP contribution in [0, 0.1) is 0 Å². The molecule has 0 unspecified atom stereocenters. The van der Waals surface area contributed by atoms with Crippen LogP contribution in [-0.4, -0.2) is 84.8 Å². The molecular formula is C27H36N8O4. The molecule has 12 heteroatoms. The number of aromatic amines is 1. The molecule has 39 heavy (non-hydrogen) atoms. The average Bonchev–Trinajstić information content (AvgIpc) is 3.55. The standard InChI is InChI=1S/C27H36N8O4/c1-7-38-26-19-8-9-21-20-10-18(11-28-25(20)30-29-21)24-22(15-37-6)31-34(5)27(24)39-17(3)12-33(4)13-23(19)35(32-26)16(2)14-36/h8-11,16-17,36H,7,12-15H2,1-6H3,(H,28,29,30)/b9-8+/t16-,17-/m0/s1. The molecular weight excluding hydrogens is 500 g/mol. The summed E-state index contributed by atoms with van der Waals surface area (Å²) in [5, 5.41) is 27.8. The van der Waals surface area contributed by atoms with E-state index >= 15 is 0 Å². The van der Waals surface area contributed by atoms with Crippen LogP contribution in [0.15, 0.2) is 12.3 Å². The normalized spacial score (nSPS) is 17.8. The molecule has 0 radical (unpaired) electrons. The summed E-state index contributed by atoms with van der Waals surface area (Å²) < 4.78 is 21.5. The van der Waals surface area contributed by atoms with Gasteiger partial charge in [-0.05, 0) is 46.0 Å². The summed E-state index contributed by atoms with van der Waals surface area (Å²) in [4.78, 5) is 6.80. The molecule has 2 atom stereocenters. The summed E-state index contributed by atoms with van der Waals surface area (Å²) in [6.45, 7) is 7.88. The van der Waals surface area contributed by atoms with Gasteiger partial charge in [0.1, 0.15) is 6.10 Å². The van der Waals surface area contributed by atoms with Crippen molar-refractivity contribution in [2.75, 3.05) is 33.9 Å².